The molecule has 0 aliphatic rings. The van der Waals surface area contributed by atoms with Crippen LogP contribution in [-0.2, 0) is 9.53 Å². The number of hydrogen-bond acceptors (Lipinski definition) is 6. The molecule has 0 fully saturated rings. The lowest BCUT2D eigenvalue weighted by Gasteiger charge is -2.10. The Morgan fingerprint density at radius 1 is 1.44 bits per heavy atom. The van der Waals surface area contributed by atoms with Gasteiger partial charge in [-0.25, -0.2) is 4.63 Å². The summed E-state index contributed by atoms with van der Waals surface area (Å²) in [5.41, 5.74) is 5.81. The van der Waals surface area contributed by atoms with Gasteiger partial charge < -0.3 is 10.5 Å². The van der Waals surface area contributed by atoms with Gasteiger partial charge in [-0.1, -0.05) is 19.0 Å². The van der Waals surface area contributed by atoms with E-state index in [1.165, 1.54) is 0 Å². The van der Waals surface area contributed by atoms with Crippen LogP contribution in [0.3, 0.4) is 0 Å². The van der Waals surface area contributed by atoms with Crippen molar-refractivity contribution in [3.63, 3.8) is 0 Å². The molecule has 1 heterocycles. The number of aromatic nitrogens is 2. The van der Waals surface area contributed by atoms with E-state index in [2.05, 4.69) is 28.8 Å². The van der Waals surface area contributed by atoms with Gasteiger partial charge in [0.2, 0.25) is 0 Å². The van der Waals surface area contributed by atoms with E-state index in [1.54, 1.807) is 6.92 Å². The molecule has 0 aromatic carbocycles. The molecule has 6 nitrogen and oxygen atoms in total. The highest BCUT2D eigenvalue weighted by Gasteiger charge is 2.23. The number of nitrogens with zero attached hydrogens (tertiary/aromatic N) is 2. The van der Waals surface area contributed by atoms with Gasteiger partial charge in [0.15, 0.2) is 5.82 Å². The molecule has 0 amide bonds. The summed E-state index contributed by atoms with van der Waals surface area (Å²) in [5.74, 6) is -0.267. The van der Waals surface area contributed by atoms with Crippen LogP contribution in [0.4, 0.5) is 5.82 Å². The van der Waals surface area contributed by atoms with Crippen molar-refractivity contribution >= 4 is 11.8 Å². The Hall–Kier alpha value is -1.59. The zero-order valence-corrected chi connectivity index (χ0v) is 9.77. The van der Waals surface area contributed by atoms with Crippen molar-refractivity contribution in [1.29, 1.82) is 0 Å². The van der Waals surface area contributed by atoms with E-state index >= 15 is 0 Å². The van der Waals surface area contributed by atoms with Crippen molar-refractivity contribution < 1.29 is 14.2 Å². The van der Waals surface area contributed by atoms with Crippen LogP contribution in [0, 0.1) is 5.92 Å². The minimum absolute atomic E-state index is 0.133. The molecule has 1 unspecified atom stereocenters. The van der Waals surface area contributed by atoms with E-state index < -0.39 is 5.92 Å². The van der Waals surface area contributed by atoms with Crippen molar-refractivity contribution in [1.82, 2.24) is 10.3 Å². The third-order valence-corrected chi connectivity index (χ3v) is 2.24. The Morgan fingerprint density at radius 3 is 2.62 bits per heavy atom. The van der Waals surface area contributed by atoms with Crippen LogP contribution in [0.1, 0.15) is 38.8 Å². The van der Waals surface area contributed by atoms with Crippen molar-refractivity contribution in [2.24, 2.45) is 5.92 Å². The number of nitrogen functional groups attached to an aromatic ring is 1. The normalized spacial score (nSPS) is 12.8. The van der Waals surface area contributed by atoms with E-state index in [0.29, 0.717) is 18.2 Å². The van der Waals surface area contributed by atoms with Crippen LogP contribution in [0.5, 0.6) is 0 Å². The van der Waals surface area contributed by atoms with E-state index in [0.717, 1.165) is 6.42 Å². The smallest absolute Gasteiger partial charge is 0.315 e. The summed E-state index contributed by atoms with van der Waals surface area (Å²) >= 11 is 0. The molecule has 1 aromatic heterocycles. The summed E-state index contributed by atoms with van der Waals surface area (Å²) in [6.07, 6.45) is 0.838. The van der Waals surface area contributed by atoms with Crippen molar-refractivity contribution in [2.45, 2.75) is 33.1 Å². The van der Waals surface area contributed by atoms with E-state index in [-0.39, 0.29) is 11.8 Å². The molecule has 1 aromatic rings. The van der Waals surface area contributed by atoms with Gasteiger partial charge in [-0.3, -0.25) is 4.79 Å². The molecule has 0 bridgehead atoms. The first-order valence-corrected chi connectivity index (χ1v) is 5.27. The average Bonchev–Trinajstić information content (AvgIpc) is 2.62. The van der Waals surface area contributed by atoms with Gasteiger partial charge in [-0.05, 0) is 24.4 Å². The number of rotatable bonds is 5. The topological polar surface area (TPSA) is 91.2 Å². The van der Waals surface area contributed by atoms with Gasteiger partial charge >= 0.3 is 5.97 Å². The molecule has 90 valence electrons. The molecule has 0 radical (unpaired) electrons. The Kier molecular flexibility index (Phi) is 4.28. The van der Waals surface area contributed by atoms with Crippen molar-refractivity contribution in [2.75, 3.05) is 12.3 Å². The lowest BCUT2D eigenvalue weighted by atomic mass is 10.1. The van der Waals surface area contributed by atoms with Crippen molar-refractivity contribution in [3.05, 3.63) is 5.69 Å². The lowest BCUT2D eigenvalue weighted by Crippen LogP contribution is -2.16. The molecule has 2 N–H and O–H groups in total. The summed E-state index contributed by atoms with van der Waals surface area (Å²) in [6.45, 7) is 6.20. The van der Waals surface area contributed by atoms with Gasteiger partial charge in [-0.2, -0.15) is 0 Å². The van der Waals surface area contributed by atoms with Crippen LogP contribution < -0.4 is 5.73 Å². The summed E-state index contributed by atoms with van der Waals surface area (Å²) in [5, 5.41) is 6.98. The van der Waals surface area contributed by atoms with E-state index in [4.69, 9.17) is 10.5 Å². The first kappa shape index (κ1) is 12.5. The maximum Gasteiger partial charge on any atom is 0.315 e. The quantitative estimate of drug-likeness (QED) is 0.763. The fourth-order valence-electron chi connectivity index (χ4n) is 1.13. The Labute approximate surface area is 94.1 Å². The Morgan fingerprint density at radius 2 is 2.12 bits per heavy atom. The SMILES string of the molecule is CC(C)CCOC(=O)C(C)c1nonc1N. The summed E-state index contributed by atoms with van der Waals surface area (Å²) in [7, 11) is 0. The number of hydrogen-bond donors (Lipinski definition) is 1. The molecule has 6 heteroatoms. The fraction of sp³-hybridized carbons (Fsp3) is 0.700. The third kappa shape index (κ3) is 3.22. The minimum atomic E-state index is -0.543. The zero-order valence-electron chi connectivity index (χ0n) is 9.77. The molecule has 0 aliphatic carbocycles. The molecule has 16 heavy (non-hydrogen) atoms. The summed E-state index contributed by atoms with van der Waals surface area (Å²) in [6, 6.07) is 0. The molecular weight excluding hydrogens is 210 g/mol. The first-order chi connectivity index (χ1) is 7.52. The van der Waals surface area contributed by atoms with Crippen LogP contribution in [0.25, 0.3) is 0 Å². The first-order valence-electron chi connectivity index (χ1n) is 5.27. The average molecular weight is 227 g/mol. The molecule has 1 rings (SSSR count). The predicted octanol–water partition coefficient (Wildman–Crippen LogP) is 1.34. The highest BCUT2D eigenvalue weighted by atomic mass is 16.6. The lowest BCUT2D eigenvalue weighted by molar-refractivity contribution is -0.145. The minimum Gasteiger partial charge on any atom is -0.465 e. The number of carbonyl (C=O) groups excluding carboxylic acids is 1. The van der Waals surface area contributed by atoms with Gasteiger partial charge in [0.1, 0.15) is 11.6 Å². The van der Waals surface area contributed by atoms with E-state index in [9.17, 15) is 4.79 Å². The summed E-state index contributed by atoms with van der Waals surface area (Å²) in [4.78, 5) is 11.6. The zero-order chi connectivity index (χ0) is 12.1. The van der Waals surface area contributed by atoms with Gasteiger partial charge in [0.25, 0.3) is 0 Å². The Bertz CT molecular complexity index is 349. The Balaban J connectivity index is 2.46. The number of nitrogens with two attached hydrogens (primary N) is 1. The maximum absolute atomic E-state index is 11.6. The largest absolute Gasteiger partial charge is 0.465 e. The molecule has 0 saturated carbocycles. The molecule has 0 spiro atoms. The van der Waals surface area contributed by atoms with Gasteiger partial charge in [0, 0.05) is 0 Å². The second-order valence-corrected chi connectivity index (χ2v) is 4.11. The number of anilines is 1. The molecule has 1 atom stereocenters. The second-order valence-electron chi connectivity index (χ2n) is 4.11. The highest BCUT2D eigenvalue weighted by Crippen LogP contribution is 2.19. The fourth-order valence-corrected chi connectivity index (χ4v) is 1.13. The second kappa shape index (κ2) is 5.48. The van der Waals surface area contributed by atoms with Crippen LogP contribution in [0.2, 0.25) is 0 Å². The van der Waals surface area contributed by atoms with Crippen LogP contribution in [0.15, 0.2) is 4.63 Å². The molecule has 0 aliphatic heterocycles. The van der Waals surface area contributed by atoms with Crippen molar-refractivity contribution in [3.8, 4) is 0 Å². The number of esters is 1. The number of ether oxygens (including phenoxy) is 1. The van der Waals surface area contributed by atoms with Crippen LogP contribution >= 0.6 is 0 Å². The number of carbonyl (C=O) groups is 1. The molecular formula is C10H17N3O3. The summed E-state index contributed by atoms with van der Waals surface area (Å²) < 4.78 is 9.52. The van der Waals surface area contributed by atoms with Gasteiger partial charge in [-0.15, -0.1) is 0 Å². The maximum atomic E-state index is 11.6. The monoisotopic (exact) mass is 227 g/mol. The van der Waals surface area contributed by atoms with Crippen LogP contribution in [-0.4, -0.2) is 22.9 Å². The standard InChI is InChI=1S/C10H17N3O3/c1-6(2)4-5-15-10(14)7(3)8-9(11)13-16-12-8/h6-7H,4-5H2,1-3H3,(H2,11,13). The predicted molar refractivity (Wildman–Crippen MR) is 57.5 cm³/mol. The molecule has 0 saturated heterocycles. The highest BCUT2D eigenvalue weighted by molar-refractivity contribution is 5.78. The third-order valence-electron chi connectivity index (χ3n) is 2.24. The van der Waals surface area contributed by atoms with E-state index in [1.807, 2.05) is 0 Å². The van der Waals surface area contributed by atoms with Gasteiger partial charge in [0.05, 0.1) is 6.61 Å².